The van der Waals surface area contributed by atoms with Crippen molar-refractivity contribution in [2.75, 3.05) is 13.1 Å². The molecule has 21 heavy (non-hydrogen) atoms. The van der Waals surface area contributed by atoms with Crippen molar-refractivity contribution in [2.45, 2.75) is 52.9 Å². The lowest BCUT2D eigenvalue weighted by Gasteiger charge is -2.33. The molecule has 6 heteroatoms. The van der Waals surface area contributed by atoms with Crippen LogP contribution in [0.2, 0.25) is 0 Å². The number of amides is 2. The molecule has 0 aromatic heterocycles. The molecule has 0 spiro atoms. The lowest BCUT2D eigenvalue weighted by Crippen LogP contribution is -2.47. The maximum absolute atomic E-state index is 11.8. The molecule has 0 bridgehead atoms. The van der Waals surface area contributed by atoms with Crippen LogP contribution < -0.4 is 10.6 Å². The van der Waals surface area contributed by atoms with Crippen molar-refractivity contribution < 1.29 is 19.5 Å². The van der Waals surface area contributed by atoms with E-state index >= 15 is 0 Å². The third kappa shape index (κ3) is 5.02. The van der Waals surface area contributed by atoms with Crippen LogP contribution >= 0.6 is 0 Å². The number of aliphatic carboxylic acids is 1. The molecule has 0 unspecified atom stereocenters. The number of hydrogen-bond donors (Lipinski definition) is 3. The fourth-order valence-electron chi connectivity index (χ4n) is 2.45. The van der Waals surface area contributed by atoms with Gasteiger partial charge in [0.1, 0.15) is 0 Å². The Hall–Kier alpha value is -1.59. The molecule has 1 fully saturated rings. The van der Waals surface area contributed by atoms with Crippen molar-refractivity contribution >= 4 is 17.8 Å². The largest absolute Gasteiger partial charge is 0.481 e. The molecule has 0 radical (unpaired) electrons. The van der Waals surface area contributed by atoms with E-state index in [1.54, 1.807) is 20.8 Å². The van der Waals surface area contributed by atoms with Gasteiger partial charge in [0, 0.05) is 12.0 Å². The molecule has 3 N–H and O–H groups in total. The first-order valence-electron chi connectivity index (χ1n) is 7.46. The molecule has 0 atom stereocenters. The zero-order chi connectivity index (χ0) is 16.1. The fourth-order valence-corrected chi connectivity index (χ4v) is 2.45. The molecule has 0 saturated heterocycles. The van der Waals surface area contributed by atoms with E-state index in [2.05, 4.69) is 10.6 Å². The molecule has 2 amide bonds. The maximum atomic E-state index is 11.8. The maximum Gasteiger partial charge on any atom is 0.311 e. The van der Waals surface area contributed by atoms with Crippen molar-refractivity contribution in [1.29, 1.82) is 0 Å². The third-order valence-electron chi connectivity index (χ3n) is 3.98. The Labute approximate surface area is 125 Å². The van der Waals surface area contributed by atoms with Gasteiger partial charge in [-0.25, -0.2) is 0 Å². The highest BCUT2D eigenvalue weighted by Crippen LogP contribution is 2.35. The van der Waals surface area contributed by atoms with E-state index in [1.807, 2.05) is 0 Å². The lowest BCUT2D eigenvalue weighted by atomic mass is 9.74. The number of carboxylic acid groups (broad SMARTS) is 1. The summed E-state index contributed by atoms with van der Waals surface area (Å²) < 4.78 is 0. The van der Waals surface area contributed by atoms with E-state index in [4.69, 9.17) is 0 Å². The van der Waals surface area contributed by atoms with Crippen LogP contribution in [0.25, 0.3) is 0 Å². The van der Waals surface area contributed by atoms with E-state index in [9.17, 15) is 19.5 Å². The summed E-state index contributed by atoms with van der Waals surface area (Å²) in [7, 11) is 0. The summed E-state index contributed by atoms with van der Waals surface area (Å²) in [5, 5.41) is 14.6. The molecule has 0 aromatic carbocycles. The minimum Gasteiger partial charge on any atom is -0.481 e. The van der Waals surface area contributed by atoms with Gasteiger partial charge < -0.3 is 15.7 Å². The zero-order valence-electron chi connectivity index (χ0n) is 13.1. The quantitative estimate of drug-likeness (QED) is 0.713. The second-order valence-corrected chi connectivity index (χ2v) is 6.86. The van der Waals surface area contributed by atoms with E-state index in [0.29, 0.717) is 12.8 Å². The van der Waals surface area contributed by atoms with Crippen LogP contribution in [0, 0.1) is 10.8 Å². The molecular formula is C15H26N2O4. The van der Waals surface area contributed by atoms with Crippen LogP contribution in [0.3, 0.4) is 0 Å². The Bertz CT molecular complexity index is 406. The van der Waals surface area contributed by atoms with Gasteiger partial charge in [0.05, 0.1) is 12.0 Å². The highest BCUT2D eigenvalue weighted by atomic mass is 16.4. The second kappa shape index (κ2) is 6.91. The van der Waals surface area contributed by atoms with Gasteiger partial charge in [0.15, 0.2) is 0 Å². The smallest absolute Gasteiger partial charge is 0.311 e. The first-order chi connectivity index (χ1) is 9.67. The summed E-state index contributed by atoms with van der Waals surface area (Å²) in [4.78, 5) is 34.9. The lowest BCUT2D eigenvalue weighted by molar-refractivity contribution is -0.151. The van der Waals surface area contributed by atoms with E-state index < -0.39 is 16.8 Å². The van der Waals surface area contributed by atoms with Crippen molar-refractivity contribution in [1.82, 2.24) is 10.6 Å². The summed E-state index contributed by atoms with van der Waals surface area (Å²) in [5.74, 6) is -1.40. The van der Waals surface area contributed by atoms with Gasteiger partial charge in [-0.3, -0.25) is 14.4 Å². The highest BCUT2D eigenvalue weighted by Gasteiger charge is 2.39. The average Bonchev–Trinajstić information content (AvgIpc) is 2.42. The normalized spacial score (nSPS) is 17.9. The number of carboxylic acids is 1. The van der Waals surface area contributed by atoms with Crippen LogP contribution in [0.1, 0.15) is 52.9 Å². The average molecular weight is 298 g/mol. The van der Waals surface area contributed by atoms with Crippen molar-refractivity contribution in [3.05, 3.63) is 0 Å². The Morgan fingerprint density at radius 2 is 1.62 bits per heavy atom. The van der Waals surface area contributed by atoms with Crippen LogP contribution in [0.15, 0.2) is 0 Å². The number of carbonyl (C=O) groups is 3. The molecule has 1 saturated carbocycles. The number of nitrogens with one attached hydrogen (secondary N) is 2. The highest BCUT2D eigenvalue weighted by molar-refractivity contribution is 5.87. The monoisotopic (exact) mass is 298 g/mol. The van der Waals surface area contributed by atoms with Crippen molar-refractivity contribution in [2.24, 2.45) is 10.8 Å². The molecular weight excluding hydrogens is 272 g/mol. The summed E-state index contributed by atoms with van der Waals surface area (Å²) in [5.41, 5.74) is -1.39. The summed E-state index contributed by atoms with van der Waals surface area (Å²) in [6.07, 6.45) is 3.99. The van der Waals surface area contributed by atoms with E-state index in [1.165, 1.54) is 0 Å². The Balaban J connectivity index is 2.44. The molecule has 0 aliphatic heterocycles. The van der Waals surface area contributed by atoms with Crippen LogP contribution in [-0.4, -0.2) is 36.0 Å². The molecule has 0 aromatic rings. The fraction of sp³-hybridized carbons (Fsp3) is 0.800. The number of carbonyl (C=O) groups excluding carboxylic acids is 2. The summed E-state index contributed by atoms with van der Waals surface area (Å²) in [6, 6.07) is 0. The van der Waals surface area contributed by atoms with E-state index in [0.717, 1.165) is 19.3 Å². The van der Waals surface area contributed by atoms with Gasteiger partial charge in [-0.2, -0.15) is 0 Å². The minimum atomic E-state index is -0.846. The van der Waals surface area contributed by atoms with Gasteiger partial charge in [0.25, 0.3) is 0 Å². The Morgan fingerprint density at radius 1 is 1.05 bits per heavy atom. The summed E-state index contributed by atoms with van der Waals surface area (Å²) in [6.45, 7) is 5.31. The van der Waals surface area contributed by atoms with Crippen LogP contribution in [0.5, 0.6) is 0 Å². The van der Waals surface area contributed by atoms with Crippen LogP contribution in [0.4, 0.5) is 0 Å². The molecule has 0 heterocycles. The number of rotatable bonds is 5. The Morgan fingerprint density at radius 3 is 2.10 bits per heavy atom. The van der Waals surface area contributed by atoms with Gasteiger partial charge in [-0.1, -0.05) is 40.0 Å². The minimum absolute atomic E-state index is 0.119. The predicted octanol–water partition coefficient (Wildman–Crippen LogP) is 1.30. The third-order valence-corrected chi connectivity index (χ3v) is 3.98. The van der Waals surface area contributed by atoms with Crippen molar-refractivity contribution in [3.8, 4) is 0 Å². The molecule has 1 aliphatic carbocycles. The van der Waals surface area contributed by atoms with Gasteiger partial charge in [-0.05, 0) is 12.8 Å². The summed E-state index contributed by atoms with van der Waals surface area (Å²) >= 11 is 0. The van der Waals surface area contributed by atoms with Gasteiger partial charge in [-0.15, -0.1) is 0 Å². The zero-order valence-corrected chi connectivity index (χ0v) is 13.1. The SMILES string of the molecule is CC(C)(C)C(=O)NCC(=O)NCC1(C(=O)O)CCCCC1. The van der Waals surface area contributed by atoms with Gasteiger partial charge in [0.2, 0.25) is 11.8 Å². The molecule has 120 valence electrons. The van der Waals surface area contributed by atoms with E-state index in [-0.39, 0.29) is 24.9 Å². The van der Waals surface area contributed by atoms with Crippen molar-refractivity contribution in [3.63, 3.8) is 0 Å². The second-order valence-electron chi connectivity index (χ2n) is 6.86. The Kier molecular flexibility index (Phi) is 5.75. The van der Waals surface area contributed by atoms with Crippen LogP contribution in [-0.2, 0) is 14.4 Å². The number of hydrogen-bond acceptors (Lipinski definition) is 3. The predicted molar refractivity (Wildman–Crippen MR) is 78.6 cm³/mol. The molecule has 1 aliphatic rings. The molecule has 6 nitrogen and oxygen atoms in total. The van der Waals surface area contributed by atoms with Gasteiger partial charge >= 0.3 is 5.97 Å². The first-order valence-corrected chi connectivity index (χ1v) is 7.46. The standard InChI is InChI=1S/C15H26N2O4/c1-14(2,3)12(19)16-9-11(18)17-10-15(13(20)21)7-5-4-6-8-15/h4-10H2,1-3H3,(H,16,19)(H,17,18)(H,20,21). The first kappa shape index (κ1) is 17.5. The topological polar surface area (TPSA) is 95.5 Å². The molecule has 1 rings (SSSR count).